The molecule has 23 heavy (non-hydrogen) atoms. The molecule has 122 valence electrons. The Kier molecular flexibility index (Phi) is 4.16. The lowest BCUT2D eigenvalue weighted by molar-refractivity contribution is -0.133. The van der Waals surface area contributed by atoms with Gasteiger partial charge in [0.15, 0.2) is 0 Å². The van der Waals surface area contributed by atoms with Crippen molar-refractivity contribution in [1.82, 2.24) is 19.7 Å². The Morgan fingerprint density at radius 1 is 1.30 bits per heavy atom. The Morgan fingerprint density at radius 3 is 3.04 bits per heavy atom. The molecule has 4 rings (SSSR count). The zero-order valence-electron chi connectivity index (χ0n) is 13.3. The van der Waals surface area contributed by atoms with Crippen molar-refractivity contribution in [2.24, 2.45) is 0 Å². The summed E-state index contributed by atoms with van der Waals surface area (Å²) in [6, 6.07) is 1.85. The molecule has 1 aliphatic heterocycles. The summed E-state index contributed by atoms with van der Waals surface area (Å²) in [5.41, 5.74) is 1.33. The molecule has 0 spiro atoms. The van der Waals surface area contributed by atoms with Crippen molar-refractivity contribution in [1.29, 1.82) is 0 Å². The first-order valence-corrected chi connectivity index (χ1v) is 9.35. The van der Waals surface area contributed by atoms with Gasteiger partial charge >= 0.3 is 0 Å². The predicted molar refractivity (Wildman–Crippen MR) is 89.5 cm³/mol. The summed E-state index contributed by atoms with van der Waals surface area (Å²) in [5.74, 6) is 0.584. The summed E-state index contributed by atoms with van der Waals surface area (Å²) < 4.78 is 1.70. The van der Waals surface area contributed by atoms with Gasteiger partial charge in [0.25, 0.3) is 0 Å². The topological polar surface area (TPSA) is 51.0 Å². The number of thiazole rings is 1. The van der Waals surface area contributed by atoms with E-state index in [1.54, 1.807) is 10.9 Å². The van der Waals surface area contributed by atoms with Gasteiger partial charge in [-0.25, -0.2) is 4.98 Å². The lowest BCUT2D eigenvalue weighted by Crippen LogP contribution is -2.40. The Bertz CT molecular complexity index is 655. The Morgan fingerprint density at radius 2 is 2.22 bits per heavy atom. The zero-order valence-corrected chi connectivity index (χ0v) is 14.1. The number of likely N-dealkylation sites (tertiary alicyclic amines) is 1. The highest BCUT2D eigenvalue weighted by atomic mass is 32.1. The summed E-state index contributed by atoms with van der Waals surface area (Å²) in [7, 11) is 0. The van der Waals surface area contributed by atoms with Crippen LogP contribution in [-0.4, -0.2) is 38.7 Å². The molecule has 1 amide bonds. The monoisotopic (exact) mass is 330 g/mol. The second-order valence-electron chi connectivity index (χ2n) is 6.51. The van der Waals surface area contributed by atoms with E-state index >= 15 is 0 Å². The molecule has 2 aliphatic rings. The number of piperidine rings is 1. The molecule has 2 aromatic heterocycles. The van der Waals surface area contributed by atoms with Crippen LogP contribution >= 0.6 is 11.3 Å². The Hall–Kier alpha value is -1.69. The van der Waals surface area contributed by atoms with E-state index in [-0.39, 0.29) is 5.91 Å². The van der Waals surface area contributed by atoms with E-state index in [0.29, 0.717) is 12.5 Å². The second-order valence-corrected chi connectivity index (χ2v) is 7.63. The lowest BCUT2D eigenvalue weighted by atomic mass is 9.98. The molecule has 1 atom stereocenters. The van der Waals surface area contributed by atoms with Gasteiger partial charge in [-0.2, -0.15) is 5.10 Å². The quantitative estimate of drug-likeness (QED) is 0.869. The van der Waals surface area contributed by atoms with Gasteiger partial charge in [0.1, 0.15) is 6.54 Å². The van der Waals surface area contributed by atoms with Gasteiger partial charge in [-0.05, 0) is 44.6 Å². The van der Waals surface area contributed by atoms with Crippen molar-refractivity contribution < 1.29 is 4.79 Å². The highest BCUT2D eigenvalue weighted by Gasteiger charge is 2.28. The average molecular weight is 330 g/mol. The molecular formula is C17H22N4OS. The maximum Gasteiger partial charge on any atom is 0.244 e. The normalized spacial score (nSPS) is 21.2. The molecule has 1 fully saturated rings. The van der Waals surface area contributed by atoms with Crippen LogP contribution in [-0.2, 0) is 24.2 Å². The maximum atomic E-state index is 12.5. The first kappa shape index (κ1) is 14.9. The first-order valence-electron chi connectivity index (χ1n) is 8.53. The molecule has 1 saturated heterocycles. The van der Waals surface area contributed by atoms with E-state index in [1.165, 1.54) is 34.8 Å². The smallest absolute Gasteiger partial charge is 0.244 e. The molecule has 5 nitrogen and oxygen atoms in total. The van der Waals surface area contributed by atoms with Crippen LogP contribution in [0.1, 0.15) is 47.2 Å². The fraction of sp³-hybridized carbons (Fsp3) is 0.588. The number of aryl methyl sites for hydroxylation is 2. The summed E-state index contributed by atoms with van der Waals surface area (Å²) in [6.07, 6.45) is 10.7. The van der Waals surface area contributed by atoms with Gasteiger partial charge in [0.05, 0.1) is 10.7 Å². The van der Waals surface area contributed by atoms with Crippen LogP contribution in [0, 0.1) is 0 Å². The summed E-state index contributed by atoms with van der Waals surface area (Å²) in [6.45, 7) is 2.02. The van der Waals surface area contributed by atoms with Crippen molar-refractivity contribution in [3.05, 3.63) is 34.0 Å². The molecule has 1 unspecified atom stereocenters. The van der Waals surface area contributed by atoms with Crippen LogP contribution in [0.25, 0.3) is 0 Å². The summed E-state index contributed by atoms with van der Waals surface area (Å²) in [5, 5.41) is 5.39. The zero-order chi connectivity index (χ0) is 15.6. The van der Waals surface area contributed by atoms with Crippen LogP contribution < -0.4 is 0 Å². The van der Waals surface area contributed by atoms with Gasteiger partial charge in [-0.15, -0.1) is 11.3 Å². The van der Waals surface area contributed by atoms with E-state index in [2.05, 4.69) is 5.10 Å². The fourth-order valence-corrected chi connectivity index (χ4v) is 4.86. The highest BCUT2D eigenvalue weighted by Crippen LogP contribution is 2.34. The fourth-order valence-electron chi connectivity index (χ4n) is 3.58. The Labute approximate surface area is 140 Å². The molecular weight excluding hydrogens is 308 g/mol. The number of hydrogen-bond donors (Lipinski definition) is 0. The van der Waals surface area contributed by atoms with Crippen molar-refractivity contribution in [3.8, 4) is 0 Å². The van der Waals surface area contributed by atoms with Crippen LogP contribution in [0.15, 0.2) is 18.5 Å². The molecule has 2 aromatic rings. The molecule has 0 radical (unpaired) electrons. The molecule has 0 bridgehead atoms. The minimum atomic E-state index is 0.166. The molecule has 6 heteroatoms. The number of carbonyl (C=O) groups excluding carboxylic acids is 1. The average Bonchev–Trinajstić information content (AvgIpc) is 3.24. The number of carbonyl (C=O) groups is 1. The summed E-state index contributed by atoms with van der Waals surface area (Å²) >= 11 is 1.89. The minimum absolute atomic E-state index is 0.166. The van der Waals surface area contributed by atoms with Crippen molar-refractivity contribution in [2.45, 2.75) is 51.0 Å². The molecule has 0 N–H and O–H groups in total. The third kappa shape index (κ3) is 3.17. The Balaban J connectivity index is 1.44. The first-order chi connectivity index (χ1) is 11.3. The minimum Gasteiger partial charge on any atom is -0.340 e. The van der Waals surface area contributed by atoms with Crippen LogP contribution in [0.3, 0.4) is 0 Å². The van der Waals surface area contributed by atoms with E-state index < -0.39 is 0 Å². The molecule has 3 heterocycles. The van der Waals surface area contributed by atoms with E-state index in [1.807, 2.05) is 28.5 Å². The summed E-state index contributed by atoms with van der Waals surface area (Å²) in [4.78, 5) is 20.9. The van der Waals surface area contributed by atoms with Gasteiger partial charge in [-0.3, -0.25) is 9.48 Å². The van der Waals surface area contributed by atoms with Gasteiger partial charge in [-0.1, -0.05) is 0 Å². The van der Waals surface area contributed by atoms with Gasteiger partial charge in [0.2, 0.25) is 5.91 Å². The third-order valence-electron chi connectivity index (χ3n) is 4.84. The van der Waals surface area contributed by atoms with E-state index in [9.17, 15) is 4.79 Å². The van der Waals surface area contributed by atoms with E-state index in [0.717, 1.165) is 32.4 Å². The van der Waals surface area contributed by atoms with Crippen LogP contribution in [0.2, 0.25) is 0 Å². The standard InChI is InChI=1S/C17H22N4OS/c22-16(12-21-10-4-8-18-21)20-9-3-5-13(11-20)17-19-14-6-1-2-7-15(14)23-17/h4,8,10,13H,1-3,5-7,9,11-12H2. The molecule has 0 aromatic carbocycles. The number of amides is 1. The van der Waals surface area contributed by atoms with Gasteiger partial charge in [0, 0.05) is 36.3 Å². The highest BCUT2D eigenvalue weighted by molar-refractivity contribution is 7.11. The number of hydrogen-bond acceptors (Lipinski definition) is 4. The predicted octanol–water partition coefficient (Wildman–Crippen LogP) is 2.62. The number of fused-ring (bicyclic) bond motifs is 1. The number of aromatic nitrogens is 3. The van der Waals surface area contributed by atoms with Crippen LogP contribution in [0.5, 0.6) is 0 Å². The van der Waals surface area contributed by atoms with Crippen molar-refractivity contribution >= 4 is 17.2 Å². The maximum absolute atomic E-state index is 12.5. The SMILES string of the molecule is O=C(Cn1cccn1)N1CCCC(c2nc3c(s2)CCCC3)C1. The molecule has 1 aliphatic carbocycles. The molecule has 0 saturated carbocycles. The third-order valence-corrected chi connectivity index (χ3v) is 6.16. The van der Waals surface area contributed by atoms with Crippen LogP contribution in [0.4, 0.5) is 0 Å². The van der Waals surface area contributed by atoms with Gasteiger partial charge < -0.3 is 4.90 Å². The largest absolute Gasteiger partial charge is 0.340 e. The number of rotatable bonds is 3. The second kappa shape index (κ2) is 6.43. The van der Waals surface area contributed by atoms with Crippen molar-refractivity contribution in [3.63, 3.8) is 0 Å². The van der Waals surface area contributed by atoms with Crippen molar-refractivity contribution in [2.75, 3.05) is 13.1 Å². The lowest BCUT2D eigenvalue weighted by Gasteiger charge is -2.31. The number of nitrogens with zero attached hydrogens (tertiary/aromatic N) is 4. The van der Waals surface area contributed by atoms with E-state index in [4.69, 9.17) is 4.98 Å².